The molecule has 0 heterocycles. The summed E-state index contributed by atoms with van der Waals surface area (Å²) >= 11 is 0. The van der Waals surface area contributed by atoms with E-state index in [1.165, 1.54) is 19.3 Å². The summed E-state index contributed by atoms with van der Waals surface area (Å²) in [7, 11) is 0. The highest BCUT2D eigenvalue weighted by atomic mass is 16.3. The van der Waals surface area contributed by atoms with Crippen LogP contribution >= 0.6 is 0 Å². The lowest BCUT2D eigenvalue weighted by Crippen LogP contribution is -2.30. The molecule has 0 saturated heterocycles. The van der Waals surface area contributed by atoms with Gasteiger partial charge in [-0.3, -0.25) is 0 Å². The second kappa shape index (κ2) is 4.00. The van der Waals surface area contributed by atoms with Crippen molar-refractivity contribution < 1.29 is 5.11 Å². The summed E-state index contributed by atoms with van der Waals surface area (Å²) in [6, 6.07) is 6.35. The van der Waals surface area contributed by atoms with E-state index >= 15 is 0 Å². The van der Waals surface area contributed by atoms with E-state index in [9.17, 15) is 5.11 Å². The van der Waals surface area contributed by atoms with Gasteiger partial charge in [-0.1, -0.05) is 26.3 Å². The molecule has 2 N–H and O–H groups in total. The summed E-state index contributed by atoms with van der Waals surface area (Å²) in [6.07, 6.45) is 3.80. The third-order valence-electron chi connectivity index (χ3n) is 3.81. The highest BCUT2D eigenvalue weighted by Gasteiger charge is 2.34. The maximum Gasteiger partial charge on any atom is 0.120 e. The first-order valence-electron chi connectivity index (χ1n) is 6.05. The van der Waals surface area contributed by atoms with Gasteiger partial charge in [0.1, 0.15) is 5.75 Å². The molecule has 1 fully saturated rings. The zero-order chi connectivity index (χ0) is 11.8. The van der Waals surface area contributed by atoms with Gasteiger partial charge in [-0.25, -0.2) is 0 Å². The maximum atomic E-state index is 9.66. The number of anilines is 1. The molecule has 0 aromatic heterocycles. The van der Waals surface area contributed by atoms with Crippen molar-refractivity contribution in [2.45, 2.75) is 46.1 Å². The summed E-state index contributed by atoms with van der Waals surface area (Å²) in [5.74, 6) is 0.376. The van der Waals surface area contributed by atoms with Crippen LogP contribution in [0.1, 0.15) is 38.7 Å². The van der Waals surface area contributed by atoms with Gasteiger partial charge in [0.05, 0.1) is 0 Å². The first kappa shape index (κ1) is 11.3. The van der Waals surface area contributed by atoms with Crippen LogP contribution in [0.15, 0.2) is 18.2 Å². The van der Waals surface area contributed by atoms with Crippen molar-refractivity contribution in [1.82, 2.24) is 0 Å². The molecule has 0 aliphatic heterocycles. The molecule has 1 aromatic rings. The molecular weight excluding hydrogens is 198 g/mol. The van der Waals surface area contributed by atoms with Crippen LogP contribution in [0, 0.1) is 12.3 Å². The normalized spacial score (nSPS) is 23.3. The van der Waals surface area contributed by atoms with Crippen LogP contribution in [0.5, 0.6) is 5.75 Å². The molecule has 1 saturated carbocycles. The topological polar surface area (TPSA) is 32.3 Å². The quantitative estimate of drug-likeness (QED) is 0.795. The van der Waals surface area contributed by atoms with Crippen LogP contribution < -0.4 is 5.32 Å². The lowest BCUT2D eigenvalue weighted by Gasteiger charge is -2.28. The van der Waals surface area contributed by atoms with Gasteiger partial charge >= 0.3 is 0 Å². The van der Waals surface area contributed by atoms with Crippen molar-refractivity contribution in [3.8, 4) is 5.75 Å². The molecule has 2 rings (SSSR count). The molecule has 2 heteroatoms. The molecule has 2 nitrogen and oxygen atoms in total. The number of rotatable bonds is 2. The molecule has 1 unspecified atom stereocenters. The van der Waals surface area contributed by atoms with Crippen LogP contribution in [0.25, 0.3) is 0 Å². The zero-order valence-electron chi connectivity index (χ0n) is 10.4. The smallest absolute Gasteiger partial charge is 0.120 e. The van der Waals surface area contributed by atoms with Gasteiger partial charge in [0, 0.05) is 17.8 Å². The van der Waals surface area contributed by atoms with E-state index in [0.29, 0.717) is 17.2 Å². The standard InChI is InChI=1S/C14H21NO/c1-10-6-7-11(9-12(10)16)15-13-5-4-8-14(13,2)3/h6-7,9,13,15-16H,4-5,8H2,1-3H3. The summed E-state index contributed by atoms with van der Waals surface area (Å²) in [4.78, 5) is 0. The highest BCUT2D eigenvalue weighted by Crippen LogP contribution is 2.39. The average Bonchev–Trinajstić information content (AvgIpc) is 2.52. The molecular formula is C14H21NO. The Kier molecular flexibility index (Phi) is 2.83. The number of hydrogen-bond donors (Lipinski definition) is 2. The lowest BCUT2D eigenvalue weighted by molar-refractivity contribution is 0.350. The summed E-state index contributed by atoms with van der Waals surface area (Å²) in [5.41, 5.74) is 2.32. The summed E-state index contributed by atoms with van der Waals surface area (Å²) in [6.45, 7) is 6.54. The number of nitrogens with one attached hydrogen (secondary N) is 1. The number of benzene rings is 1. The van der Waals surface area contributed by atoms with Gasteiger partial charge in [-0.05, 0) is 36.8 Å². The Balaban J connectivity index is 2.12. The van der Waals surface area contributed by atoms with E-state index in [1.54, 1.807) is 0 Å². The third-order valence-corrected chi connectivity index (χ3v) is 3.81. The predicted octanol–water partition coefficient (Wildman–Crippen LogP) is 3.69. The Morgan fingerprint density at radius 3 is 2.69 bits per heavy atom. The maximum absolute atomic E-state index is 9.66. The average molecular weight is 219 g/mol. The minimum atomic E-state index is 0.362. The van der Waals surface area contributed by atoms with Crippen molar-refractivity contribution in [1.29, 1.82) is 0 Å². The molecule has 0 bridgehead atoms. The van der Waals surface area contributed by atoms with Crippen LogP contribution in [-0.2, 0) is 0 Å². The van der Waals surface area contributed by atoms with Gasteiger partial charge in [0.25, 0.3) is 0 Å². The largest absolute Gasteiger partial charge is 0.508 e. The number of hydrogen-bond acceptors (Lipinski definition) is 2. The SMILES string of the molecule is Cc1ccc(NC2CCCC2(C)C)cc1O. The Hall–Kier alpha value is -1.18. The Bertz CT molecular complexity index is 384. The van der Waals surface area contributed by atoms with E-state index in [1.807, 2.05) is 25.1 Å². The van der Waals surface area contributed by atoms with Crippen molar-refractivity contribution in [3.05, 3.63) is 23.8 Å². The Labute approximate surface area is 97.7 Å². The molecule has 88 valence electrons. The fourth-order valence-electron chi connectivity index (χ4n) is 2.49. The van der Waals surface area contributed by atoms with Crippen LogP contribution in [-0.4, -0.2) is 11.1 Å². The number of aryl methyl sites for hydroxylation is 1. The third kappa shape index (κ3) is 2.16. The first-order valence-corrected chi connectivity index (χ1v) is 6.05. The summed E-state index contributed by atoms with van der Waals surface area (Å²) in [5, 5.41) is 13.2. The fourth-order valence-corrected chi connectivity index (χ4v) is 2.49. The molecule has 0 spiro atoms. The van der Waals surface area contributed by atoms with Crippen LogP contribution in [0.3, 0.4) is 0 Å². The van der Waals surface area contributed by atoms with Gasteiger partial charge < -0.3 is 10.4 Å². The number of phenols is 1. The van der Waals surface area contributed by atoms with Crippen molar-refractivity contribution in [3.63, 3.8) is 0 Å². The van der Waals surface area contributed by atoms with Crippen LogP contribution in [0.4, 0.5) is 5.69 Å². The summed E-state index contributed by atoms with van der Waals surface area (Å²) < 4.78 is 0. The predicted molar refractivity (Wildman–Crippen MR) is 67.9 cm³/mol. The second-order valence-electron chi connectivity index (χ2n) is 5.58. The van der Waals surface area contributed by atoms with Crippen molar-refractivity contribution in [2.24, 2.45) is 5.41 Å². The first-order chi connectivity index (χ1) is 7.49. The monoisotopic (exact) mass is 219 g/mol. The molecule has 0 radical (unpaired) electrons. The van der Waals surface area contributed by atoms with Crippen molar-refractivity contribution in [2.75, 3.05) is 5.32 Å². The van der Waals surface area contributed by atoms with Gasteiger partial charge in [-0.15, -0.1) is 0 Å². The van der Waals surface area contributed by atoms with E-state index in [0.717, 1.165) is 11.3 Å². The van der Waals surface area contributed by atoms with E-state index in [-0.39, 0.29) is 0 Å². The van der Waals surface area contributed by atoms with E-state index < -0.39 is 0 Å². The molecule has 1 atom stereocenters. The minimum Gasteiger partial charge on any atom is -0.508 e. The van der Waals surface area contributed by atoms with Gasteiger partial charge in [-0.2, -0.15) is 0 Å². The van der Waals surface area contributed by atoms with E-state index in [4.69, 9.17) is 0 Å². The zero-order valence-corrected chi connectivity index (χ0v) is 10.4. The molecule has 1 aliphatic rings. The van der Waals surface area contributed by atoms with Crippen molar-refractivity contribution >= 4 is 5.69 Å². The highest BCUT2D eigenvalue weighted by molar-refractivity contribution is 5.51. The lowest BCUT2D eigenvalue weighted by atomic mass is 9.87. The minimum absolute atomic E-state index is 0.362. The Morgan fingerprint density at radius 1 is 1.38 bits per heavy atom. The molecule has 1 aromatic carbocycles. The number of phenolic OH excluding ortho intramolecular Hbond substituents is 1. The molecule has 16 heavy (non-hydrogen) atoms. The van der Waals surface area contributed by atoms with E-state index in [2.05, 4.69) is 19.2 Å². The molecule has 1 aliphatic carbocycles. The Morgan fingerprint density at radius 2 is 2.12 bits per heavy atom. The van der Waals surface area contributed by atoms with Crippen LogP contribution in [0.2, 0.25) is 0 Å². The van der Waals surface area contributed by atoms with Gasteiger partial charge in [0.2, 0.25) is 0 Å². The fraction of sp³-hybridized carbons (Fsp3) is 0.571. The van der Waals surface area contributed by atoms with Gasteiger partial charge in [0.15, 0.2) is 0 Å². The number of aromatic hydroxyl groups is 1. The molecule has 0 amide bonds. The second-order valence-corrected chi connectivity index (χ2v) is 5.58.